The lowest BCUT2D eigenvalue weighted by Crippen LogP contribution is -2.28. The van der Waals surface area contributed by atoms with Gasteiger partial charge in [-0.05, 0) is 52.8 Å². The van der Waals surface area contributed by atoms with Crippen LogP contribution in [0.3, 0.4) is 0 Å². The van der Waals surface area contributed by atoms with Gasteiger partial charge in [0.2, 0.25) is 11.8 Å². The topological polar surface area (TPSA) is 58.2 Å². The van der Waals surface area contributed by atoms with Crippen molar-refractivity contribution in [1.82, 2.24) is 0 Å². The third kappa shape index (κ3) is 4.60. The van der Waals surface area contributed by atoms with Crippen molar-refractivity contribution in [3.8, 4) is 0 Å². The van der Waals surface area contributed by atoms with Gasteiger partial charge in [-0.1, -0.05) is 80.5 Å². The van der Waals surface area contributed by atoms with E-state index in [2.05, 4.69) is 55.7 Å². The first-order valence-electron chi connectivity index (χ1n) is 11.4. The zero-order valence-corrected chi connectivity index (χ0v) is 21.1. The molecular weight excluding hydrogens is 396 g/mol. The summed E-state index contributed by atoms with van der Waals surface area (Å²) < 4.78 is 0. The standard InChI is InChI=1S/C28H38N2O2/c1-25(2,3)23(31)29-19-12-10-18(11-13-19)28(9)17-27(7,8)21-15-14-20(16-22(21)28)30-24(32)26(4,5)6/h10-16H,17H2,1-9H3,(H,29,31)(H,30,32). The van der Waals surface area contributed by atoms with Crippen molar-refractivity contribution >= 4 is 23.2 Å². The largest absolute Gasteiger partial charge is 0.326 e. The first-order valence-corrected chi connectivity index (χ1v) is 11.4. The van der Waals surface area contributed by atoms with Gasteiger partial charge in [-0.25, -0.2) is 0 Å². The maximum Gasteiger partial charge on any atom is 0.229 e. The first-order chi connectivity index (χ1) is 14.5. The molecule has 32 heavy (non-hydrogen) atoms. The van der Waals surface area contributed by atoms with E-state index >= 15 is 0 Å². The fraction of sp³-hybridized carbons (Fsp3) is 0.500. The van der Waals surface area contributed by atoms with Gasteiger partial charge in [0, 0.05) is 27.6 Å². The number of hydrogen-bond acceptors (Lipinski definition) is 2. The Morgan fingerprint density at radius 3 is 1.69 bits per heavy atom. The van der Waals surface area contributed by atoms with Crippen molar-refractivity contribution in [2.45, 2.75) is 79.6 Å². The fourth-order valence-corrected chi connectivity index (χ4v) is 4.56. The van der Waals surface area contributed by atoms with E-state index in [9.17, 15) is 9.59 Å². The van der Waals surface area contributed by atoms with Gasteiger partial charge in [0.05, 0.1) is 0 Å². The Morgan fingerprint density at radius 1 is 0.719 bits per heavy atom. The van der Waals surface area contributed by atoms with Crippen LogP contribution in [0.15, 0.2) is 42.5 Å². The molecule has 1 unspecified atom stereocenters. The summed E-state index contributed by atoms with van der Waals surface area (Å²) in [7, 11) is 0. The lowest BCUT2D eigenvalue weighted by molar-refractivity contribution is -0.123. The van der Waals surface area contributed by atoms with E-state index in [1.54, 1.807) is 0 Å². The molecule has 2 amide bonds. The molecule has 0 fully saturated rings. The summed E-state index contributed by atoms with van der Waals surface area (Å²) in [6.45, 7) is 18.3. The number of rotatable bonds is 3. The number of benzene rings is 2. The van der Waals surface area contributed by atoms with Crippen LogP contribution in [-0.2, 0) is 20.4 Å². The molecule has 1 atom stereocenters. The second kappa shape index (κ2) is 7.75. The highest BCUT2D eigenvalue weighted by atomic mass is 16.2. The van der Waals surface area contributed by atoms with Gasteiger partial charge in [-0.2, -0.15) is 0 Å². The minimum absolute atomic E-state index is 0.00281. The van der Waals surface area contributed by atoms with E-state index in [-0.39, 0.29) is 22.6 Å². The zero-order valence-electron chi connectivity index (χ0n) is 21.1. The van der Waals surface area contributed by atoms with Crippen LogP contribution in [0.1, 0.15) is 85.4 Å². The molecular formula is C28H38N2O2. The van der Waals surface area contributed by atoms with Gasteiger partial charge >= 0.3 is 0 Å². The molecule has 2 aromatic rings. The molecule has 0 radical (unpaired) electrons. The molecule has 4 nitrogen and oxygen atoms in total. The van der Waals surface area contributed by atoms with E-state index in [4.69, 9.17) is 0 Å². The number of amides is 2. The molecule has 0 aliphatic heterocycles. The summed E-state index contributed by atoms with van der Waals surface area (Å²) in [5.41, 5.74) is 4.37. The van der Waals surface area contributed by atoms with E-state index in [0.717, 1.165) is 17.8 Å². The fourth-order valence-electron chi connectivity index (χ4n) is 4.56. The van der Waals surface area contributed by atoms with Crippen LogP contribution in [0.5, 0.6) is 0 Å². The summed E-state index contributed by atoms with van der Waals surface area (Å²) >= 11 is 0. The Hall–Kier alpha value is -2.62. The van der Waals surface area contributed by atoms with Gasteiger partial charge < -0.3 is 10.6 Å². The van der Waals surface area contributed by atoms with Gasteiger partial charge in [0.1, 0.15) is 0 Å². The van der Waals surface area contributed by atoms with Crippen molar-refractivity contribution in [1.29, 1.82) is 0 Å². The average Bonchev–Trinajstić information content (AvgIpc) is 2.87. The minimum Gasteiger partial charge on any atom is -0.326 e. The highest BCUT2D eigenvalue weighted by Crippen LogP contribution is 2.53. The van der Waals surface area contributed by atoms with Crippen molar-refractivity contribution in [2.75, 3.05) is 10.6 Å². The second-order valence-corrected chi connectivity index (χ2v) is 12.1. The molecule has 0 bridgehead atoms. The molecule has 3 rings (SSSR count). The molecule has 0 saturated carbocycles. The Labute approximate surface area is 193 Å². The molecule has 1 aliphatic carbocycles. The molecule has 2 aromatic carbocycles. The molecule has 0 saturated heterocycles. The predicted molar refractivity (Wildman–Crippen MR) is 133 cm³/mol. The molecule has 0 spiro atoms. The van der Waals surface area contributed by atoms with Gasteiger partial charge in [0.25, 0.3) is 0 Å². The number of nitrogens with one attached hydrogen (secondary N) is 2. The summed E-state index contributed by atoms with van der Waals surface area (Å²) in [6, 6.07) is 14.5. The average molecular weight is 435 g/mol. The van der Waals surface area contributed by atoms with E-state index < -0.39 is 10.8 Å². The lowest BCUT2D eigenvalue weighted by atomic mass is 9.75. The lowest BCUT2D eigenvalue weighted by Gasteiger charge is -2.29. The SMILES string of the molecule is CC(C)(C)C(=O)Nc1ccc(C2(C)CC(C)(C)c3ccc(NC(=O)C(C)(C)C)cc32)cc1. The van der Waals surface area contributed by atoms with Crippen LogP contribution >= 0.6 is 0 Å². The number of carbonyl (C=O) groups excluding carboxylic acids is 2. The first kappa shape index (κ1) is 24.0. The number of carbonyl (C=O) groups is 2. The maximum absolute atomic E-state index is 12.5. The van der Waals surface area contributed by atoms with Gasteiger partial charge in [-0.3, -0.25) is 9.59 Å². The number of hydrogen-bond donors (Lipinski definition) is 2. The van der Waals surface area contributed by atoms with Crippen molar-refractivity contribution in [3.05, 3.63) is 59.2 Å². The van der Waals surface area contributed by atoms with Crippen LogP contribution in [-0.4, -0.2) is 11.8 Å². The third-order valence-electron chi connectivity index (χ3n) is 6.54. The quantitative estimate of drug-likeness (QED) is 0.569. The van der Waals surface area contributed by atoms with Gasteiger partial charge in [0.15, 0.2) is 0 Å². The predicted octanol–water partition coefficient (Wildman–Crippen LogP) is 6.64. The summed E-state index contributed by atoms with van der Waals surface area (Å²) in [4.78, 5) is 24.9. The Bertz CT molecular complexity index is 1040. The van der Waals surface area contributed by atoms with Crippen molar-refractivity contribution in [3.63, 3.8) is 0 Å². The Kier molecular flexibility index (Phi) is 5.82. The Balaban J connectivity index is 1.96. The van der Waals surface area contributed by atoms with Crippen LogP contribution in [0, 0.1) is 10.8 Å². The van der Waals surface area contributed by atoms with Gasteiger partial charge in [-0.15, -0.1) is 0 Å². The molecule has 172 valence electrons. The number of anilines is 2. The van der Waals surface area contributed by atoms with Crippen LogP contribution in [0.4, 0.5) is 11.4 Å². The van der Waals surface area contributed by atoms with Crippen LogP contribution < -0.4 is 10.6 Å². The highest BCUT2D eigenvalue weighted by Gasteiger charge is 2.45. The highest BCUT2D eigenvalue weighted by molar-refractivity contribution is 5.95. The monoisotopic (exact) mass is 434 g/mol. The molecule has 2 N–H and O–H groups in total. The van der Waals surface area contributed by atoms with E-state index in [1.165, 1.54) is 16.7 Å². The number of fused-ring (bicyclic) bond motifs is 1. The summed E-state index contributed by atoms with van der Waals surface area (Å²) in [5.74, 6) is 0.0124. The normalized spacial score (nSPS) is 19.9. The maximum atomic E-state index is 12.5. The van der Waals surface area contributed by atoms with E-state index in [0.29, 0.717) is 0 Å². The van der Waals surface area contributed by atoms with Crippen LogP contribution in [0.2, 0.25) is 0 Å². The minimum atomic E-state index is -0.449. The molecule has 0 aromatic heterocycles. The van der Waals surface area contributed by atoms with Crippen LogP contribution in [0.25, 0.3) is 0 Å². The molecule has 4 heteroatoms. The smallest absolute Gasteiger partial charge is 0.229 e. The second-order valence-electron chi connectivity index (χ2n) is 12.1. The van der Waals surface area contributed by atoms with Crippen molar-refractivity contribution in [2.24, 2.45) is 10.8 Å². The molecule has 0 heterocycles. The Morgan fingerprint density at radius 2 is 1.19 bits per heavy atom. The molecule has 1 aliphatic rings. The van der Waals surface area contributed by atoms with E-state index in [1.807, 2.05) is 59.7 Å². The third-order valence-corrected chi connectivity index (χ3v) is 6.54. The summed E-state index contributed by atoms with van der Waals surface area (Å²) in [5, 5.41) is 6.09. The van der Waals surface area contributed by atoms with Crippen molar-refractivity contribution < 1.29 is 9.59 Å². The zero-order chi connectivity index (χ0) is 24.1. The summed E-state index contributed by atoms with van der Waals surface area (Å²) in [6.07, 6.45) is 0.972.